The SMILES string of the molecule is Cc1nc2ccccn2c1/C(O)=C1\C(=O)C(=O)N(c2nnc(SCc3ccccc3Cl)s2)C1c1cccc(Br)c1. The highest BCUT2D eigenvalue weighted by molar-refractivity contribution is 9.10. The number of hydrogen-bond donors (Lipinski definition) is 1. The fourth-order valence-electron chi connectivity index (χ4n) is 4.66. The molecule has 0 bridgehead atoms. The lowest BCUT2D eigenvalue weighted by molar-refractivity contribution is -0.132. The molecule has 6 rings (SSSR count). The van der Waals surface area contributed by atoms with E-state index in [1.807, 2.05) is 48.5 Å². The van der Waals surface area contributed by atoms with Crippen LogP contribution in [0.4, 0.5) is 5.13 Å². The van der Waals surface area contributed by atoms with Crippen molar-refractivity contribution in [3.8, 4) is 0 Å². The zero-order chi connectivity index (χ0) is 28.0. The minimum atomic E-state index is -0.930. The maximum atomic E-state index is 13.6. The Balaban J connectivity index is 1.45. The highest BCUT2D eigenvalue weighted by atomic mass is 79.9. The Bertz CT molecular complexity index is 1840. The van der Waals surface area contributed by atoms with Gasteiger partial charge in [0.15, 0.2) is 10.1 Å². The Labute approximate surface area is 250 Å². The summed E-state index contributed by atoms with van der Waals surface area (Å²) in [6.07, 6.45) is 1.75. The van der Waals surface area contributed by atoms with Crippen LogP contribution in [-0.4, -0.2) is 36.4 Å². The summed E-state index contributed by atoms with van der Waals surface area (Å²) in [5, 5.41) is 21.1. The molecule has 1 amide bonds. The number of aromatic nitrogens is 4. The molecule has 12 heteroatoms. The van der Waals surface area contributed by atoms with Gasteiger partial charge in [0.1, 0.15) is 11.3 Å². The quantitative estimate of drug-likeness (QED) is 0.0706. The molecule has 1 saturated heterocycles. The van der Waals surface area contributed by atoms with Gasteiger partial charge in [0, 0.05) is 21.4 Å². The fourth-order valence-corrected chi connectivity index (χ4v) is 7.23. The van der Waals surface area contributed by atoms with Crippen molar-refractivity contribution in [2.24, 2.45) is 0 Å². The molecule has 1 N–H and O–H groups in total. The third-order valence-electron chi connectivity index (χ3n) is 6.45. The molecule has 1 aliphatic heterocycles. The Kier molecular flexibility index (Phi) is 7.22. The predicted molar refractivity (Wildman–Crippen MR) is 160 cm³/mol. The second-order valence-corrected chi connectivity index (χ2v) is 12.4. The van der Waals surface area contributed by atoms with Gasteiger partial charge in [-0.05, 0) is 48.4 Å². The van der Waals surface area contributed by atoms with Gasteiger partial charge >= 0.3 is 5.91 Å². The van der Waals surface area contributed by atoms with Crippen LogP contribution in [0.3, 0.4) is 0 Å². The van der Waals surface area contributed by atoms with Gasteiger partial charge in [-0.25, -0.2) is 4.98 Å². The van der Waals surface area contributed by atoms with Crippen molar-refractivity contribution < 1.29 is 14.7 Å². The number of carbonyl (C=O) groups is 2. The van der Waals surface area contributed by atoms with Crippen LogP contribution < -0.4 is 4.90 Å². The standard InChI is InChI=1S/C28H19BrClN5O3S2/c1-15-22(34-12-5-4-11-20(34)31-15)24(36)21-23(16-8-6-9-18(29)13-16)35(26(38)25(21)37)27-32-33-28(40-27)39-14-17-7-2-3-10-19(17)30/h2-13,23,36H,14H2,1H3/b24-21+. The lowest BCUT2D eigenvalue weighted by atomic mass is 9.96. The van der Waals surface area contributed by atoms with E-state index in [0.717, 1.165) is 10.0 Å². The highest BCUT2D eigenvalue weighted by Gasteiger charge is 2.49. The van der Waals surface area contributed by atoms with E-state index >= 15 is 0 Å². The van der Waals surface area contributed by atoms with Gasteiger partial charge in [0.05, 0.1) is 17.3 Å². The number of aliphatic hydroxyl groups excluding tert-OH is 1. The number of Topliss-reactive ketones (excluding diaryl/α,β-unsaturated/α-hetero) is 1. The van der Waals surface area contributed by atoms with E-state index in [2.05, 4.69) is 31.1 Å². The van der Waals surface area contributed by atoms with Crippen LogP contribution in [0.1, 0.15) is 28.6 Å². The first-order valence-corrected chi connectivity index (χ1v) is 15.0. The van der Waals surface area contributed by atoms with Crippen LogP contribution in [0.2, 0.25) is 5.02 Å². The van der Waals surface area contributed by atoms with Crippen molar-refractivity contribution in [3.63, 3.8) is 0 Å². The number of thioether (sulfide) groups is 1. The first-order chi connectivity index (χ1) is 19.3. The molecule has 1 fully saturated rings. The summed E-state index contributed by atoms with van der Waals surface area (Å²) in [5.74, 6) is -1.35. The van der Waals surface area contributed by atoms with Crippen molar-refractivity contribution >= 4 is 78.9 Å². The smallest absolute Gasteiger partial charge is 0.301 e. The molecular formula is C28H19BrClN5O3S2. The Morgan fingerprint density at radius 3 is 2.70 bits per heavy atom. The van der Waals surface area contributed by atoms with Gasteiger partial charge in [0.25, 0.3) is 5.78 Å². The summed E-state index contributed by atoms with van der Waals surface area (Å²) in [7, 11) is 0. The number of amides is 1. The molecule has 1 atom stereocenters. The molecule has 0 radical (unpaired) electrons. The minimum absolute atomic E-state index is 0.0441. The second kappa shape index (κ2) is 10.8. The molecule has 200 valence electrons. The van der Waals surface area contributed by atoms with Crippen molar-refractivity contribution in [1.82, 2.24) is 19.6 Å². The zero-order valence-corrected chi connectivity index (χ0v) is 24.8. The summed E-state index contributed by atoms with van der Waals surface area (Å²) in [6, 6.07) is 19.3. The van der Waals surface area contributed by atoms with E-state index in [4.69, 9.17) is 11.6 Å². The Morgan fingerprint density at radius 2 is 1.90 bits per heavy atom. The zero-order valence-electron chi connectivity index (χ0n) is 20.8. The number of carbonyl (C=O) groups excluding carboxylic acids is 2. The summed E-state index contributed by atoms with van der Waals surface area (Å²) in [6.45, 7) is 1.75. The molecule has 1 unspecified atom stereocenters. The van der Waals surface area contributed by atoms with E-state index in [-0.39, 0.29) is 16.5 Å². The van der Waals surface area contributed by atoms with Crippen LogP contribution in [0.25, 0.3) is 11.4 Å². The number of imidazole rings is 1. The molecule has 3 aromatic heterocycles. The summed E-state index contributed by atoms with van der Waals surface area (Å²) >= 11 is 12.4. The monoisotopic (exact) mass is 651 g/mol. The van der Waals surface area contributed by atoms with E-state index < -0.39 is 17.7 Å². The number of aryl methyl sites for hydroxylation is 1. The molecule has 2 aromatic carbocycles. The molecule has 1 aliphatic rings. The number of ketones is 1. The second-order valence-electron chi connectivity index (χ2n) is 8.93. The molecule has 5 aromatic rings. The molecule has 4 heterocycles. The van der Waals surface area contributed by atoms with Crippen LogP contribution in [-0.2, 0) is 15.3 Å². The van der Waals surface area contributed by atoms with Gasteiger partial charge in [0.2, 0.25) is 5.13 Å². The van der Waals surface area contributed by atoms with Crippen molar-refractivity contribution in [2.75, 3.05) is 4.90 Å². The third-order valence-corrected chi connectivity index (χ3v) is 9.41. The van der Waals surface area contributed by atoms with E-state index in [1.165, 1.54) is 28.0 Å². The maximum Gasteiger partial charge on any atom is 0.301 e. The number of nitrogens with zero attached hydrogens (tertiary/aromatic N) is 5. The summed E-state index contributed by atoms with van der Waals surface area (Å²) < 4.78 is 3.07. The summed E-state index contributed by atoms with van der Waals surface area (Å²) in [5.41, 5.74) is 3.02. The van der Waals surface area contributed by atoms with Gasteiger partial charge < -0.3 is 5.11 Å². The number of rotatable bonds is 6. The lowest BCUT2D eigenvalue weighted by Crippen LogP contribution is -2.29. The van der Waals surface area contributed by atoms with Gasteiger partial charge in [-0.2, -0.15) is 0 Å². The average Bonchev–Trinajstić information content (AvgIpc) is 3.61. The van der Waals surface area contributed by atoms with Crippen LogP contribution in [0.15, 0.2) is 87.3 Å². The normalized spacial score (nSPS) is 16.8. The lowest BCUT2D eigenvalue weighted by Gasteiger charge is -2.22. The van der Waals surface area contributed by atoms with E-state index in [0.29, 0.717) is 37.7 Å². The number of hydrogen-bond acceptors (Lipinski definition) is 8. The van der Waals surface area contributed by atoms with Gasteiger partial charge in [-0.1, -0.05) is 87.0 Å². The minimum Gasteiger partial charge on any atom is -0.505 e. The number of benzene rings is 2. The first-order valence-electron chi connectivity index (χ1n) is 12.0. The average molecular weight is 653 g/mol. The summed E-state index contributed by atoms with van der Waals surface area (Å²) in [4.78, 5) is 33.0. The van der Waals surface area contributed by atoms with Gasteiger partial charge in [-0.3, -0.25) is 18.9 Å². The third kappa shape index (κ3) is 4.72. The number of aliphatic hydroxyl groups is 1. The molecule has 0 spiro atoms. The van der Waals surface area contributed by atoms with E-state index in [9.17, 15) is 14.7 Å². The molecule has 0 saturated carbocycles. The van der Waals surface area contributed by atoms with Crippen LogP contribution in [0, 0.1) is 6.92 Å². The number of anilines is 1. The highest BCUT2D eigenvalue weighted by Crippen LogP contribution is 2.44. The number of halogens is 2. The molecular weight excluding hydrogens is 634 g/mol. The topological polar surface area (TPSA) is 101 Å². The largest absolute Gasteiger partial charge is 0.505 e. The maximum absolute atomic E-state index is 13.6. The fraction of sp³-hybridized carbons (Fsp3) is 0.107. The predicted octanol–water partition coefficient (Wildman–Crippen LogP) is 6.83. The van der Waals surface area contributed by atoms with Crippen LogP contribution >= 0.6 is 50.6 Å². The molecule has 0 aliphatic carbocycles. The number of pyridine rings is 1. The van der Waals surface area contributed by atoms with Crippen molar-refractivity contribution in [3.05, 3.63) is 111 Å². The number of fused-ring (bicyclic) bond motifs is 1. The molecule has 40 heavy (non-hydrogen) atoms. The first kappa shape index (κ1) is 26.7. The molecule has 8 nitrogen and oxygen atoms in total. The van der Waals surface area contributed by atoms with Crippen molar-refractivity contribution in [2.45, 2.75) is 23.1 Å². The van der Waals surface area contributed by atoms with Gasteiger partial charge in [-0.15, -0.1) is 10.2 Å². The van der Waals surface area contributed by atoms with Crippen LogP contribution in [0.5, 0.6) is 0 Å². The Morgan fingerprint density at radius 1 is 1.10 bits per heavy atom. The Hall–Kier alpha value is -3.51. The van der Waals surface area contributed by atoms with Crippen molar-refractivity contribution in [1.29, 1.82) is 0 Å². The van der Waals surface area contributed by atoms with E-state index in [1.54, 1.807) is 35.7 Å².